The number of aliphatic carboxylic acids is 1. The monoisotopic (exact) mass is 838 g/mol. The Morgan fingerprint density at radius 3 is 1.55 bits per heavy atom. The van der Waals surface area contributed by atoms with Gasteiger partial charge in [-0.1, -0.05) is 187 Å². The van der Waals surface area contributed by atoms with E-state index in [-0.39, 0.29) is 183 Å². The number of allylic oxidation sites excluding steroid dienone is 2. The van der Waals surface area contributed by atoms with E-state index in [2.05, 4.69) is 6.08 Å². The molecule has 6 nitrogen and oxygen atoms in total. The molecule has 2 aromatic rings. The molecule has 0 spiro atoms. The number of anilines is 1. The number of nitrogens with two attached hydrogens (primary N) is 1. The SMILES string of the molecule is C.C.C.C.C.C.C.C.C.C.C.C.C.C.C.C.C.C.C.C.C.C.Nc1c2c(nc3cc(Cl)ccc13)CC1C=C(CCC(CO)CO)CC2C1.O=C([O-])C(F)(F)F. The van der Waals surface area contributed by atoms with E-state index >= 15 is 0 Å². The lowest BCUT2D eigenvalue weighted by molar-refractivity contribution is -0.344. The molecule has 2 atom stereocenters. The highest BCUT2D eigenvalue weighted by Gasteiger charge is 2.33. The molecule has 2 unspecified atom stereocenters. The van der Waals surface area contributed by atoms with Crippen LogP contribution < -0.4 is 10.8 Å². The van der Waals surface area contributed by atoms with Gasteiger partial charge in [0.25, 0.3) is 0 Å². The highest BCUT2D eigenvalue weighted by molar-refractivity contribution is 6.31. The van der Waals surface area contributed by atoms with E-state index in [0.717, 1.165) is 54.4 Å². The first-order chi connectivity index (χ1) is 15.5. The van der Waals surface area contributed by atoms with Crippen molar-refractivity contribution < 1.29 is 33.3 Å². The number of alkyl halides is 3. The van der Waals surface area contributed by atoms with Crippen LogP contribution in [0.5, 0.6) is 0 Å². The normalized spacial score (nSPS) is 11.7. The molecule has 4 N–H and O–H groups in total. The fourth-order valence-corrected chi connectivity index (χ4v) is 4.77. The summed E-state index contributed by atoms with van der Waals surface area (Å²) in [7, 11) is 0. The molecule has 0 aliphatic heterocycles. The van der Waals surface area contributed by atoms with Gasteiger partial charge in [-0.15, -0.1) is 0 Å². The molecule has 10 heteroatoms. The summed E-state index contributed by atoms with van der Waals surface area (Å²) < 4.78 is 31.5. The van der Waals surface area contributed by atoms with Crippen LogP contribution in [0.4, 0.5) is 18.9 Å². The average Bonchev–Trinajstić information content (AvgIpc) is 2.73. The zero-order valence-corrected chi connectivity index (χ0v) is 18.5. The molecule has 4 rings (SSSR count). The van der Waals surface area contributed by atoms with Crippen molar-refractivity contribution in [2.45, 2.75) is 208 Å². The summed E-state index contributed by atoms with van der Waals surface area (Å²) in [5, 5.41) is 29.0. The van der Waals surface area contributed by atoms with Gasteiger partial charge in [0.15, 0.2) is 0 Å². The van der Waals surface area contributed by atoms with Gasteiger partial charge in [0, 0.05) is 46.5 Å². The number of fused-ring (bicyclic) bond motifs is 5. The number of hydrogen-bond acceptors (Lipinski definition) is 6. The third-order valence-corrected chi connectivity index (χ3v) is 6.39. The number of aliphatic hydroxyl groups excluding tert-OH is 2. The van der Waals surface area contributed by atoms with Crippen molar-refractivity contribution in [2.24, 2.45) is 11.8 Å². The Morgan fingerprint density at radius 2 is 1.18 bits per heavy atom. The van der Waals surface area contributed by atoms with Crippen LogP contribution in [0.15, 0.2) is 29.8 Å². The van der Waals surface area contributed by atoms with Gasteiger partial charge in [0.05, 0.1) is 5.52 Å². The van der Waals surface area contributed by atoms with Crippen LogP contribution in [0.3, 0.4) is 0 Å². The number of aliphatic hydroxyl groups is 2. The Balaban J connectivity index is -0.0000000219. The van der Waals surface area contributed by atoms with Crippen LogP contribution in [0.2, 0.25) is 5.02 Å². The molecule has 1 aromatic carbocycles. The lowest BCUT2D eigenvalue weighted by Crippen LogP contribution is -2.37. The number of carboxylic acids is 1. The molecule has 0 saturated heterocycles. The van der Waals surface area contributed by atoms with Crippen molar-refractivity contribution in [3.05, 3.63) is 46.1 Å². The van der Waals surface area contributed by atoms with E-state index < -0.39 is 12.1 Å². The summed E-state index contributed by atoms with van der Waals surface area (Å²) in [4.78, 5) is 13.7. The third-order valence-electron chi connectivity index (χ3n) is 6.16. The van der Waals surface area contributed by atoms with Crippen LogP contribution in [-0.4, -0.2) is 40.6 Å². The number of carbonyl (C=O) groups excluding carboxylic acids is 1. The highest BCUT2D eigenvalue weighted by atomic mass is 35.5. The fraction of sp³-hybridized carbons (Fsp3) is 0.733. The molecular weight excluding hydrogens is 725 g/mol. The summed E-state index contributed by atoms with van der Waals surface area (Å²) in [6.07, 6.45) is 2.01. The van der Waals surface area contributed by atoms with Crippen LogP contribution in [-0.2, 0) is 11.2 Å². The maximum Gasteiger partial charge on any atom is 0.430 e. The predicted octanol–water partition coefficient (Wildman–Crippen LogP) is 17.1. The Morgan fingerprint density at radius 1 is 0.782 bits per heavy atom. The topological polar surface area (TPSA) is 120 Å². The van der Waals surface area contributed by atoms with Gasteiger partial charge in [-0.25, -0.2) is 0 Å². The second-order valence-corrected chi connectivity index (χ2v) is 8.96. The standard InChI is InChI=1S/C21H25ClN2O2.C2HF3O2.22CH4/c22-16-3-4-17-18(9-16)24-19-8-14-5-12(1-2-13(10-25)11-26)6-15(7-14)20(19)21(17)23;3-2(4,5)1(6)7;;;;;;;;;;;;;;;;;;;;;;/h3-5,9,13-15,25-26H,1-2,6-8,10-11H2,(H2,23,24);(H,6,7);22*1H4/p-1. The van der Waals surface area contributed by atoms with E-state index in [1.54, 1.807) is 0 Å². The Hall–Kier alpha value is -2.36. The second-order valence-electron chi connectivity index (χ2n) is 8.53. The summed E-state index contributed by atoms with van der Waals surface area (Å²) >= 11 is 6.13. The number of nitrogens with zero attached hydrogens (tertiary/aromatic N) is 1. The molecule has 0 saturated carbocycles. The van der Waals surface area contributed by atoms with Gasteiger partial charge in [0.1, 0.15) is 5.97 Å². The molecule has 1 aromatic heterocycles. The van der Waals surface area contributed by atoms with Crippen molar-refractivity contribution in [3.63, 3.8) is 0 Å². The number of nitrogen functional groups attached to an aromatic ring is 1. The molecule has 0 amide bonds. The zero-order valence-electron chi connectivity index (χ0n) is 17.7. The fourth-order valence-electron chi connectivity index (χ4n) is 4.60. The lowest BCUT2D eigenvalue weighted by atomic mass is 9.70. The Kier molecular flexibility index (Phi) is 134. The van der Waals surface area contributed by atoms with Gasteiger partial charge in [0.2, 0.25) is 0 Å². The summed E-state index contributed by atoms with van der Waals surface area (Å²) in [6, 6.07) is 5.73. The van der Waals surface area contributed by atoms with E-state index in [1.165, 1.54) is 11.1 Å². The molecule has 0 radical (unpaired) electrons. The van der Waals surface area contributed by atoms with Crippen molar-refractivity contribution >= 4 is 34.2 Å². The molecular formula is C45H113ClF3N2O4-. The van der Waals surface area contributed by atoms with E-state index in [0.29, 0.717) is 16.9 Å². The first kappa shape index (κ1) is 132. The number of carboxylic acid groups (broad SMARTS) is 1. The molecule has 0 fully saturated rings. The third kappa shape index (κ3) is 33.5. The van der Waals surface area contributed by atoms with Gasteiger partial charge >= 0.3 is 6.18 Å². The molecule has 356 valence electrons. The van der Waals surface area contributed by atoms with Crippen LogP contribution >= 0.6 is 11.6 Å². The minimum atomic E-state index is -5.19. The quantitative estimate of drug-likeness (QED) is 0.258. The highest BCUT2D eigenvalue weighted by Crippen LogP contribution is 2.47. The second kappa shape index (κ2) is 56.0. The van der Waals surface area contributed by atoms with Crippen LogP contribution in [0.25, 0.3) is 10.9 Å². The smallest absolute Gasteiger partial charge is 0.430 e. The number of hydrogen-bond donors (Lipinski definition) is 3. The summed E-state index contributed by atoms with van der Waals surface area (Å²) in [5.74, 6) is -2.11. The van der Waals surface area contributed by atoms with Crippen molar-refractivity contribution in [1.29, 1.82) is 0 Å². The Labute approximate surface area is 356 Å². The van der Waals surface area contributed by atoms with Gasteiger partial charge in [-0.05, 0) is 62.1 Å². The van der Waals surface area contributed by atoms with E-state index in [9.17, 15) is 23.4 Å². The van der Waals surface area contributed by atoms with E-state index in [4.69, 9.17) is 32.2 Å². The first-order valence-corrected chi connectivity index (χ1v) is 11.0. The molecule has 1 heterocycles. The number of halogens is 4. The summed E-state index contributed by atoms with van der Waals surface area (Å²) in [6.45, 7) is 0.0930. The zero-order chi connectivity index (χ0) is 24.3. The average molecular weight is 839 g/mol. The number of pyridine rings is 1. The van der Waals surface area contributed by atoms with Gasteiger partial charge < -0.3 is 25.8 Å². The van der Waals surface area contributed by atoms with Crippen LogP contribution in [0.1, 0.15) is 206 Å². The van der Waals surface area contributed by atoms with Crippen molar-refractivity contribution in [2.75, 3.05) is 18.9 Å². The molecule has 2 bridgehead atoms. The van der Waals surface area contributed by atoms with Crippen LogP contribution in [0, 0.1) is 11.8 Å². The Bertz CT molecular complexity index is 1060. The van der Waals surface area contributed by atoms with Gasteiger partial charge in [-0.3, -0.25) is 4.98 Å². The molecule has 2 aliphatic carbocycles. The number of carbonyl (C=O) groups is 1. The maximum atomic E-state index is 10.5. The van der Waals surface area contributed by atoms with Crippen molar-refractivity contribution in [3.8, 4) is 0 Å². The number of aromatic nitrogens is 1. The number of rotatable bonds is 5. The molecule has 55 heavy (non-hydrogen) atoms. The minimum Gasteiger partial charge on any atom is -0.542 e. The van der Waals surface area contributed by atoms with Crippen molar-refractivity contribution in [1.82, 2.24) is 4.98 Å². The maximum absolute atomic E-state index is 10.5. The summed E-state index contributed by atoms with van der Waals surface area (Å²) in [5.41, 5.74) is 12.1. The van der Waals surface area contributed by atoms with E-state index in [1.807, 2.05) is 18.2 Å². The minimum absolute atomic E-state index is 0. The predicted molar refractivity (Wildman–Crippen MR) is 264 cm³/mol. The largest absolute Gasteiger partial charge is 0.542 e. The van der Waals surface area contributed by atoms with Gasteiger partial charge in [-0.2, -0.15) is 13.2 Å². The number of benzene rings is 1. The molecule has 2 aliphatic rings. The lowest BCUT2D eigenvalue weighted by Gasteiger charge is -2.36. The first-order valence-electron chi connectivity index (χ1n) is 10.6.